The number of halogens is 2. The summed E-state index contributed by atoms with van der Waals surface area (Å²) in [6, 6.07) is 14.0. The molecule has 1 amide bonds. The Kier molecular flexibility index (Phi) is 7.25. The molecular formula is C20H18Cl2N2O4S2. The van der Waals surface area contributed by atoms with Crippen LogP contribution < -0.4 is 14.8 Å². The van der Waals surface area contributed by atoms with E-state index in [-0.39, 0.29) is 22.0 Å². The first kappa shape index (κ1) is 22.4. The first-order valence-corrected chi connectivity index (χ1v) is 11.9. The van der Waals surface area contributed by atoms with Crippen LogP contribution in [0.15, 0.2) is 59.5 Å². The highest BCUT2D eigenvalue weighted by Gasteiger charge is 2.19. The highest BCUT2D eigenvalue weighted by Crippen LogP contribution is 2.25. The van der Waals surface area contributed by atoms with E-state index in [4.69, 9.17) is 27.9 Å². The molecule has 0 radical (unpaired) electrons. The molecule has 3 aromatic rings. The van der Waals surface area contributed by atoms with Crippen molar-refractivity contribution in [3.63, 3.8) is 0 Å². The lowest BCUT2D eigenvalue weighted by atomic mass is 10.2. The van der Waals surface area contributed by atoms with E-state index in [1.165, 1.54) is 29.5 Å². The molecule has 10 heteroatoms. The van der Waals surface area contributed by atoms with Gasteiger partial charge in [-0.1, -0.05) is 23.2 Å². The van der Waals surface area contributed by atoms with Gasteiger partial charge in [0.2, 0.25) is 0 Å². The molecule has 0 saturated heterocycles. The van der Waals surface area contributed by atoms with E-state index in [1.807, 2.05) is 6.92 Å². The van der Waals surface area contributed by atoms with E-state index in [0.717, 1.165) is 4.88 Å². The first-order chi connectivity index (χ1) is 14.3. The molecule has 0 saturated carbocycles. The number of benzene rings is 2. The maximum Gasteiger partial charge on any atom is 0.261 e. The van der Waals surface area contributed by atoms with Crippen molar-refractivity contribution in [2.24, 2.45) is 0 Å². The molecule has 0 aliphatic heterocycles. The summed E-state index contributed by atoms with van der Waals surface area (Å²) in [5.41, 5.74) is 0.433. The zero-order chi connectivity index (χ0) is 21.7. The van der Waals surface area contributed by atoms with Crippen LogP contribution in [0.5, 0.6) is 5.75 Å². The van der Waals surface area contributed by atoms with E-state index in [9.17, 15) is 13.2 Å². The fourth-order valence-electron chi connectivity index (χ4n) is 2.55. The average molecular weight is 485 g/mol. The largest absolute Gasteiger partial charge is 0.494 e. The molecule has 0 fully saturated rings. The van der Waals surface area contributed by atoms with Crippen LogP contribution in [-0.2, 0) is 16.6 Å². The van der Waals surface area contributed by atoms with Crippen LogP contribution >= 0.6 is 34.5 Å². The SMILES string of the molecule is CCOc1ccc(NS(=O)(=O)c2ccc(Cl)c(C(=O)NCc3ccc(Cl)s3)c2)cc1. The summed E-state index contributed by atoms with van der Waals surface area (Å²) in [5.74, 6) is 0.153. The van der Waals surface area contributed by atoms with Gasteiger partial charge < -0.3 is 10.1 Å². The quantitative estimate of drug-likeness (QED) is 0.460. The molecule has 6 nitrogen and oxygen atoms in total. The summed E-state index contributed by atoms with van der Waals surface area (Å²) in [6.07, 6.45) is 0. The van der Waals surface area contributed by atoms with Gasteiger partial charge in [-0.3, -0.25) is 9.52 Å². The number of rotatable bonds is 8. The van der Waals surface area contributed by atoms with Crippen molar-refractivity contribution in [3.8, 4) is 5.75 Å². The molecule has 30 heavy (non-hydrogen) atoms. The van der Waals surface area contributed by atoms with E-state index >= 15 is 0 Å². The number of carbonyl (C=O) groups is 1. The Morgan fingerprint density at radius 2 is 1.80 bits per heavy atom. The van der Waals surface area contributed by atoms with E-state index < -0.39 is 15.9 Å². The average Bonchev–Trinajstić information content (AvgIpc) is 3.13. The van der Waals surface area contributed by atoms with Gasteiger partial charge in [0.25, 0.3) is 15.9 Å². The molecule has 0 aliphatic rings. The van der Waals surface area contributed by atoms with Gasteiger partial charge in [-0.2, -0.15) is 0 Å². The van der Waals surface area contributed by atoms with E-state index in [1.54, 1.807) is 36.4 Å². The smallest absolute Gasteiger partial charge is 0.261 e. The van der Waals surface area contributed by atoms with Crippen LogP contribution in [0.3, 0.4) is 0 Å². The third-order valence-corrected chi connectivity index (χ3v) is 6.90. The molecule has 0 aliphatic carbocycles. The molecule has 0 bridgehead atoms. The predicted molar refractivity (Wildman–Crippen MR) is 120 cm³/mol. The van der Waals surface area contributed by atoms with Gasteiger partial charge in [-0.05, 0) is 61.5 Å². The van der Waals surface area contributed by atoms with Crippen molar-refractivity contribution in [1.29, 1.82) is 0 Å². The van der Waals surface area contributed by atoms with Crippen LogP contribution in [0.1, 0.15) is 22.2 Å². The Morgan fingerprint density at radius 3 is 2.43 bits per heavy atom. The third kappa shape index (κ3) is 5.66. The molecule has 1 heterocycles. The van der Waals surface area contributed by atoms with Crippen LogP contribution in [-0.4, -0.2) is 20.9 Å². The van der Waals surface area contributed by atoms with Crippen LogP contribution in [0, 0.1) is 0 Å². The van der Waals surface area contributed by atoms with Crippen molar-refractivity contribution < 1.29 is 17.9 Å². The Morgan fingerprint density at radius 1 is 1.07 bits per heavy atom. The minimum absolute atomic E-state index is 0.0638. The Balaban J connectivity index is 1.76. The molecule has 0 spiro atoms. The van der Waals surface area contributed by atoms with E-state index in [0.29, 0.717) is 22.4 Å². The number of nitrogens with one attached hydrogen (secondary N) is 2. The second kappa shape index (κ2) is 9.70. The standard InChI is InChI=1S/C20H18Cl2N2O4S2/c1-2-28-14-5-3-13(4-6-14)24-30(26,27)16-8-9-18(21)17(11-16)20(25)23-12-15-7-10-19(22)29-15/h3-11,24H,2,12H2,1H3,(H,23,25). The van der Waals surface area contributed by atoms with Gasteiger partial charge in [0.15, 0.2) is 0 Å². The maximum atomic E-state index is 12.8. The summed E-state index contributed by atoms with van der Waals surface area (Å²) in [5, 5.41) is 2.86. The lowest BCUT2D eigenvalue weighted by Gasteiger charge is -2.11. The summed E-state index contributed by atoms with van der Waals surface area (Å²) in [4.78, 5) is 13.3. The van der Waals surface area contributed by atoms with Crippen LogP contribution in [0.2, 0.25) is 9.36 Å². The maximum absolute atomic E-state index is 12.8. The number of amides is 1. The summed E-state index contributed by atoms with van der Waals surface area (Å²) in [7, 11) is -3.92. The van der Waals surface area contributed by atoms with Crippen LogP contribution in [0.4, 0.5) is 5.69 Å². The van der Waals surface area contributed by atoms with Crippen molar-refractivity contribution in [2.45, 2.75) is 18.4 Å². The number of thiophene rings is 1. The van der Waals surface area contributed by atoms with Crippen molar-refractivity contribution in [3.05, 3.63) is 74.4 Å². The Bertz CT molecular complexity index is 1150. The summed E-state index contributed by atoms with van der Waals surface area (Å²) >= 11 is 13.4. The summed E-state index contributed by atoms with van der Waals surface area (Å²) < 4.78 is 33.9. The van der Waals surface area contributed by atoms with E-state index in [2.05, 4.69) is 10.0 Å². The Hall–Kier alpha value is -2.26. The third-order valence-electron chi connectivity index (χ3n) is 3.96. The minimum atomic E-state index is -3.92. The molecule has 1 aromatic heterocycles. The molecule has 158 valence electrons. The number of sulfonamides is 1. The molecule has 2 N–H and O–H groups in total. The zero-order valence-corrected chi connectivity index (χ0v) is 19.0. The number of ether oxygens (including phenoxy) is 1. The topological polar surface area (TPSA) is 84.5 Å². The second-order valence-corrected chi connectivity index (χ2v) is 9.98. The lowest BCUT2D eigenvalue weighted by Crippen LogP contribution is -2.23. The molecule has 2 aromatic carbocycles. The molecule has 0 atom stereocenters. The lowest BCUT2D eigenvalue weighted by molar-refractivity contribution is 0.0951. The molecule has 3 rings (SSSR count). The highest BCUT2D eigenvalue weighted by molar-refractivity contribution is 7.92. The van der Waals surface area contributed by atoms with Gasteiger partial charge in [-0.15, -0.1) is 11.3 Å². The molecular weight excluding hydrogens is 467 g/mol. The monoisotopic (exact) mass is 484 g/mol. The zero-order valence-electron chi connectivity index (χ0n) is 15.8. The first-order valence-electron chi connectivity index (χ1n) is 8.86. The van der Waals surface area contributed by atoms with Gasteiger partial charge in [0.05, 0.1) is 33.0 Å². The number of anilines is 1. The van der Waals surface area contributed by atoms with Crippen LogP contribution in [0.25, 0.3) is 0 Å². The summed E-state index contributed by atoms with van der Waals surface area (Å²) in [6.45, 7) is 2.63. The van der Waals surface area contributed by atoms with Gasteiger partial charge in [0.1, 0.15) is 5.75 Å². The van der Waals surface area contributed by atoms with Gasteiger partial charge in [-0.25, -0.2) is 8.42 Å². The normalized spacial score (nSPS) is 11.2. The van der Waals surface area contributed by atoms with Crippen molar-refractivity contribution >= 4 is 56.2 Å². The van der Waals surface area contributed by atoms with Gasteiger partial charge >= 0.3 is 0 Å². The van der Waals surface area contributed by atoms with Gasteiger partial charge in [0, 0.05) is 10.6 Å². The van der Waals surface area contributed by atoms with Crippen molar-refractivity contribution in [2.75, 3.05) is 11.3 Å². The highest BCUT2D eigenvalue weighted by atomic mass is 35.5. The fraction of sp³-hybridized carbons (Fsp3) is 0.150. The number of hydrogen-bond acceptors (Lipinski definition) is 5. The van der Waals surface area contributed by atoms with Crippen molar-refractivity contribution in [1.82, 2.24) is 5.32 Å². The molecule has 0 unspecified atom stereocenters. The second-order valence-electron chi connectivity index (χ2n) is 6.09. The number of hydrogen-bond donors (Lipinski definition) is 2. The fourth-order valence-corrected chi connectivity index (χ4v) is 4.87. The Labute approximate surface area is 188 Å². The predicted octanol–water partition coefficient (Wildman–Crippen LogP) is 5.18. The number of carbonyl (C=O) groups excluding carboxylic acids is 1. The minimum Gasteiger partial charge on any atom is -0.494 e.